The van der Waals surface area contributed by atoms with Gasteiger partial charge in [-0.25, -0.2) is 4.79 Å². The van der Waals surface area contributed by atoms with Crippen LogP contribution < -0.4 is 5.32 Å². The van der Waals surface area contributed by atoms with E-state index >= 15 is 0 Å². The van der Waals surface area contributed by atoms with Gasteiger partial charge in [-0.1, -0.05) is 29.8 Å². The Morgan fingerprint density at radius 3 is 2.53 bits per heavy atom. The molecule has 1 aromatic carbocycles. The van der Waals surface area contributed by atoms with Crippen molar-refractivity contribution >= 4 is 11.9 Å². The summed E-state index contributed by atoms with van der Waals surface area (Å²) in [5.74, 6) is -1.53. The molecular formula is C15H21NO3. The Morgan fingerprint density at radius 2 is 1.95 bits per heavy atom. The fourth-order valence-electron chi connectivity index (χ4n) is 1.58. The highest BCUT2D eigenvalue weighted by atomic mass is 16.6. The highest BCUT2D eigenvalue weighted by Crippen LogP contribution is 2.07. The van der Waals surface area contributed by atoms with Crippen LogP contribution in [-0.2, 0) is 20.7 Å². The van der Waals surface area contributed by atoms with Gasteiger partial charge in [0.05, 0.1) is 0 Å². The molecular weight excluding hydrogens is 242 g/mol. The van der Waals surface area contributed by atoms with Crippen molar-refractivity contribution in [1.29, 1.82) is 0 Å². The number of ether oxygens (including phenoxy) is 1. The minimum atomic E-state index is -0.836. The van der Waals surface area contributed by atoms with Crippen molar-refractivity contribution in [3.8, 4) is 0 Å². The lowest BCUT2D eigenvalue weighted by Crippen LogP contribution is -2.37. The van der Waals surface area contributed by atoms with E-state index in [0.29, 0.717) is 13.0 Å². The minimum Gasteiger partial charge on any atom is -0.453 e. The SMILES string of the molecule is Cc1cccc(CCNC(=O)C(=O)OC(C)(C)C)c1. The summed E-state index contributed by atoms with van der Waals surface area (Å²) < 4.78 is 4.97. The van der Waals surface area contributed by atoms with Crippen LogP contribution >= 0.6 is 0 Å². The molecule has 1 N–H and O–H groups in total. The molecule has 104 valence electrons. The standard InChI is InChI=1S/C15H21NO3/c1-11-6-5-7-12(10-11)8-9-16-13(17)14(18)19-15(2,3)4/h5-7,10H,8-9H2,1-4H3,(H,16,17). The molecule has 0 heterocycles. The molecule has 0 aliphatic heterocycles. The number of aryl methyl sites for hydroxylation is 1. The van der Waals surface area contributed by atoms with Gasteiger partial charge < -0.3 is 10.1 Å². The van der Waals surface area contributed by atoms with Gasteiger partial charge in [-0.3, -0.25) is 4.79 Å². The molecule has 4 heteroatoms. The predicted molar refractivity (Wildman–Crippen MR) is 73.7 cm³/mol. The molecule has 0 aliphatic carbocycles. The molecule has 0 saturated heterocycles. The molecule has 0 fully saturated rings. The smallest absolute Gasteiger partial charge is 0.397 e. The van der Waals surface area contributed by atoms with Crippen LogP contribution in [0.3, 0.4) is 0 Å². The van der Waals surface area contributed by atoms with Crippen molar-refractivity contribution in [2.45, 2.75) is 39.7 Å². The number of hydrogen-bond donors (Lipinski definition) is 1. The summed E-state index contributed by atoms with van der Waals surface area (Å²) in [7, 11) is 0. The van der Waals surface area contributed by atoms with Gasteiger partial charge in [0.15, 0.2) is 0 Å². The van der Waals surface area contributed by atoms with Crippen LogP contribution in [0.5, 0.6) is 0 Å². The van der Waals surface area contributed by atoms with Gasteiger partial charge in [0, 0.05) is 6.54 Å². The fraction of sp³-hybridized carbons (Fsp3) is 0.467. The van der Waals surface area contributed by atoms with Gasteiger partial charge >= 0.3 is 11.9 Å². The third kappa shape index (κ3) is 6.04. The summed E-state index contributed by atoms with van der Waals surface area (Å²) in [5, 5.41) is 2.56. The first-order valence-corrected chi connectivity index (χ1v) is 6.34. The molecule has 0 saturated carbocycles. The first-order valence-electron chi connectivity index (χ1n) is 6.34. The van der Waals surface area contributed by atoms with Crippen LogP contribution in [0.4, 0.5) is 0 Å². The van der Waals surface area contributed by atoms with Crippen LogP contribution in [0.2, 0.25) is 0 Å². The van der Waals surface area contributed by atoms with E-state index in [2.05, 4.69) is 11.4 Å². The lowest BCUT2D eigenvalue weighted by molar-refractivity contribution is -0.163. The summed E-state index contributed by atoms with van der Waals surface area (Å²) in [4.78, 5) is 22.9. The Labute approximate surface area is 114 Å². The lowest BCUT2D eigenvalue weighted by atomic mass is 10.1. The lowest BCUT2D eigenvalue weighted by Gasteiger charge is -2.18. The summed E-state index contributed by atoms with van der Waals surface area (Å²) in [6, 6.07) is 8.04. The van der Waals surface area contributed by atoms with Gasteiger partial charge in [0.1, 0.15) is 5.60 Å². The molecule has 0 aliphatic rings. The zero-order chi connectivity index (χ0) is 14.5. The van der Waals surface area contributed by atoms with Crippen molar-refractivity contribution < 1.29 is 14.3 Å². The molecule has 19 heavy (non-hydrogen) atoms. The molecule has 0 aromatic heterocycles. The average molecular weight is 263 g/mol. The van der Waals surface area contributed by atoms with E-state index in [0.717, 1.165) is 5.56 Å². The van der Waals surface area contributed by atoms with E-state index in [-0.39, 0.29) is 0 Å². The molecule has 0 radical (unpaired) electrons. The maximum atomic E-state index is 11.5. The topological polar surface area (TPSA) is 55.4 Å². The quantitative estimate of drug-likeness (QED) is 0.670. The third-order valence-electron chi connectivity index (χ3n) is 2.37. The van der Waals surface area contributed by atoms with Crippen molar-refractivity contribution in [2.24, 2.45) is 0 Å². The van der Waals surface area contributed by atoms with Crippen molar-refractivity contribution in [2.75, 3.05) is 6.54 Å². The number of rotatable bonds is 3. The molecule has 0 unspecified atom stereocenters. The van der Waals surface area contributed by atoms with E-state index in [1.54, 1.807) is 20.8 Å². The summed E-state index contributed by atoms with van der Waals surface area (Å²) >= 11 is 0. The molecule has 0 spiro atoms. The van der Waals surface area contributed by atoms with Gasteiger partial charge in [-0.05, 0) is 39.7 Å². The second-order valence-electron chi connectivity index (χ2n) is 5.50. The van der Waals surface area contributed by atoms with Crippen LogP contribution in [0.1, 0.15) is 31.9 Å². The summed E-state index contributed by atoms with van der Waals surface area (Å²) in [6.45, 7) is 7.62. The average Bonchev–Trinajstić information content (AvgIpc) is 2.26. The molecule has 1 rings (SSSR count). The Balaban J connectivity index is 2.37. The molecule has 4 nitrogen and oxygen atoms in total. The largest absolute Gasteiger partial charge is 0.453 e. The summed E-state index contributed by atoms with van der Waals surface area (Å²) in [6.07, 6.45) is 0.691. The number of carbonyl (C=O) groups excluding carboxylic acids is 2. The minimum absolute atomic E-state index is 0.418. The maximum Gasteiger partial charge on any atom is 0.397 e. The van der Waals surface area contributed by atoms with E-state index in [4.69, 9.17) is 4.74 Å². The molecule has 1 aromatic rings. The van der Waals surface area contributed by atoms with E-state index in [1.165, 1.54) is 5.56 Å². The van der Waals surface area contributed by atoms with Crippen molar-refractivity contribution in [3.05, 3.63) is 35.4 Å². The van der Waals surface area contributed by atoms with Gasteiger partial charge in [-0.2, -0.15) is 0 Å². The Hall–Kier alpha value is -1.84. The second kappa shape index (κ2) is 6.36. The van der Waals surface area contributed by atoms with Crippen LogP contribution in [0.15, 0.2) is 24.3 Å². The number of benzene rings is 1. The Morgan fingerprint density at radius 1 is 1.26 bits per heavy atom. The predicted octanol–water partition coefficient (Wildman–Crippen LogP) is 2.00. The highest BCUT2D eigenvalue weighted by molar-refractivity contribution is 6.32. The summed E-state index contributed by atoms with van der Waals surface area (Å²) in [5.41, 5.74) is 1.66. The number of carbonyl (C=O) groups is 2. The van der Waals surface area contributed by atoms with Gasteiger partial charge in [0.2, 0.25) is 0 Å². The number of hydrogen-bond acceptors (Lipinski definition) is 3. The number of amides is 1. The molecule has 1 amide bonds. The van der Waals surface area contributed by atoms with Crippen LogP contribution in [0.25, 0.3) is 0 Å². The highest BCUT2D eigenvalue weighted by Gasteiger charge is 2.22. The monoisotopic (exact) mass is 263 g/mol. The van der Waals surface area contributed by atoms with E-state index in [9.17, 15) is 9.59 Å². The van der Waals surface area contributed by atoms with Crippen molar-refractivity contribution in [3.63, 3.8) is 0 Å². The van der Waals surface area contributed by atoms with Gasteiger partial charge in [-0.15, -0.1) is 0 Å². The van der Waals surface area contributed by atoms with E-state index in [1.807, 2.05) is 25.1 Å². The Bertz CT molecular complexity index is 461. The van der Waals surface area contributed by atoms with Crippen molar-refractivity contribution in [1.82, 2.24) is 5.32 Å². The fourth-order valence-corrected chi connectivity index (χ4v) is 1.58. The van der Waals surface area contributed by atoms with E-state index < -0.39 is 17.5 Å². The zero-order valence-electron chi connectivity index (χ0n) is 11.9. The number of nitrogens with one attached hydrogen (secondary N) is 1. The third-order valence-corrected chi connectivity index (χ3v) is 2.37. The normalized spacial score (nSPS) is 10.9. The second-order valence-corrected chi connectivity index (χ2v) is 5.50. The molecule has 0 bridgehead atoms. The maximum absolute atomic E-state index is 11.5. The van der Waals surface area contributed by atoms with Crippen LogP contribution in [0, 0.1) is 6.92 Å². The number of esters is 1. The first kappa shape index (κ1) is 15.2. The van der Waals surface area contributed by atoms with Crippen LogP contribution in [-0.4, -0.2) is 24.0 Å². The van der Waals surface area contributed by atoms with Gasteiger partial charge in [0.25, 0.3) is 0 Å². The first-order chi connectivity index (χ1) is 8.78. The Kier molecular flexibility index (Phi) is 5.10. The zero-order valence-corrected chi connectivity index (χ0v) is 11.9. The molecule has 0 atom stereocenters.